The number of hydrogen-bond acceptors (Lipinski definition) is 4. The molecule has 1 fully saturated rings. The summed E-state index contributed by atoms with van der Waals surface area (Å²) >= 11 is 3.14. The molecule has 2 aromatic rings. The van der Waals surface area contributed by atoms with Crippen LogP contribution in [0.3, 0.4) is 0 Å². The molecule has 3 nitrogen and oxygen atoms in total. The Kier molecular flexibility index (Phi) is 4.69. The van der Waals surface area contributed by atoms with Gasteiger partial charge in [0.25, 0.3) is 10.0 Å². The van der Waals surface area contributed by atoms with Gasteiger partial charge in [0.15, 0.2) is 0 Å². The van der Waals surface area contributed by atoms with E-state index in [-0.39, 0.29) is 0 Å². The zero-order valence-corrected chi connectivity index (χ0v) is 14.0. The van der Waals surface area contributed by atoms with Gasteiger partial charge >= 0.3 is 0 Å². The van der Waals surface area contributed by atoms with Gasteiger partial charge in [0.1, 0.15) is 4.21 Å². The minimum atomic E-state index is -3.31. The molecule has 112 valence electrons. The first-order valence-corrected chi connectivity index (χ1v) is 10.2. The average molecular weight is 340 g/mol. The van der Waals surface area contributed by atoms with Crippen molar-refractivity contribution in [3.63, 3.8) is 0 Å². The lowest BCUT2D eigenvalue weighted by Gasteiger charge is -2.18. The van der Waals surface area contributed by atoms with E-state index in [0.29, 0.717) is 22.5 Å². The maximum absolute atomic E-state index is 12.6. The minimum Gasteiger partial charge on any atom is -0.206 e. The molecule has 0 N–H and O–H groups in total. The molecule has 1 unspecified atom stereocenters. The number of thioether (sulfide) groups is 1. The van der Waals surface area contributed by atoms with Crippen molar-refractivity contribution in [3.8, 4) is 0 Å². The molecule has 0 spiro atoms. The van der Waals surface area contributed by atoms with Crippen LogP contribution < -0.4 is 0 Å². The maximum Gasteiger partial charge on any atom is 0.252 e. The van der Waals surface area contributed by atoms with Crippen LogP contribution in [0.1, 0.15) is 17.2 Å². The zero-order valence-electron chi connectivity index (χ0n) is 11.5. The molecular weight excluding hydrogens is 322 g/mol. The molecule has 2 heterocycles. The largest absolute Gasteiger partial charge is 0.252 e. The highest BCUT2D eigenvalue weighted by Gasteiger charge is 2.28. The number of hydrogen-bond donors (Lipinski definition) is 0. The summed E-state index contributed by atoms with van der Waals surface area (Å²) in [4.78, 5) is 0. The summed E-state index contributed by atoms with van der Waals surface area (Å²) in [7, 11) is -3.31. The molecule has 1 aromatic carbocycles. The summed E-state index contributed by atoms with van der Waals surface area (Å²) in [5, 5.41) is 2.20. The minimum absolute atomic E-state index is 0.384. The van der Waals surface area contributed by atoms with Crippen molar-refractivity contribution in [1.29, 1.82) is 0 Å². The van der Waals surface area contributed by atoms with E-state index in [2.05, 4.69) is 12.1 Å². The van der Waals surface area contributed by atoms with Crippen LogP contribution in [0.5, 0.6) is 0 Å². The van der Waals surface area contributed by atoms with E-state index in [1.54, 1.807) is 16.4 Å². The Morgan fingerprint density at radius 1 is 1.05 bits per heavy atom. The Hall–Kier alpha value is -0.820. The Bertz CT molecular complexity index is 668. The Labute approximate surface area is 134 Å². The summed E-state index contributed by atoms with van der Waals surface area (Å²) < 4.78 is 27.2. The van der Waals surface area contributed by atoms with Gasteiger partial charge in [0, 0.05) is 24.1 Å². The van der Waals surface area contributed by atoms with E-state index in [1.807, 2.05) is 35.3 Å². The standard InChI is InChI=1S/C15H17NO2S3/c17-21(18,15-7-4-11-20-15)16-9-8-14(19-12-10-16)13-5-2-1-3-6-13/h1-7,11,14H,8-10,12H2. The van der Waals surface area contributed by atoms with Gasteiger partial charge in [0.05, 0.1) is 0 Å². The second-order valence-electron chi connectivity index (χ2n) is 4.89. The van der Waals surface area contributed by atoms with Gasteiger partial charge in [-0.15, -0.1) is 11.3 Å². The second kappa shape index (κ2) is 6.52. The summed E-state index contributed by atoms with van der Waals surface area (Å²) in [6.07, 6.45) is 0.860. The first-order valence-electron chi connectivity index (χ1n) is 6.88. The van der Waals surface area contributed by atoms with Gasteiger partial charge < -0.3 is 0 Å². The van der Waals surface area contributed by atoms with E-state index in [1.165, 1.54) is 16.9 Å². The molecule has 0 aliphatic carbocycles. The number of benzene rings is 1. The zero-order chi connectivity index (χ0) is 14.7. The summed E-state index contributed by atoms with van der Waals surface area (Å²) in [5.41, 5.74) is 1.29. The van der Waals surface area contributed by atoms with Crippen LogP contribution in [0.4, 0.5) is 0 Å². The molecule has 0 amide bonds. The molecule has 1 aromatic heterocycles. The lowest BCUT2D eigenvalue weighted by molar-refractivity contribution is 0.429. The molecule has 0 radical (unpaired) electrons. The van der Waals surface area contributed by atoms with E-state index in [0.717, 1.165) is 12.2 Å². The number of sulfonamides is 1. The van der Waals surface area contributed by atoms with Crippen LogP contribution >= 0.6 is 23.1 Å². The Balaban J connectivity index is 1.75. The van der Waals surface area contributed by atoms with E-state index in [9.17, 15) is 8.42 Å². The molecule has 1 saturated heterocycles. The number of thiophene rings is 1. The van der Waals surface area contributed by atoms with Crippen molar-refractivity contribution in [2.45, 2.75) is 15.9 Å². The maximum atomic E-state index is 12.6. The molecule has 6 heteroatoms. The van der Waals surface area contributed by atoms with Gasteiger partial charge in [-0.2, -0.15) is 16.1 Å². The molecule has 1 aliphatic heterocycles. The quantitative estimate of drug-likeness (QED) is 0.857. The fourth-order valence-corrected chi connectivity index (χ4v) is 6.41. The lowest BCUT2D eigenvalue weighted by atomic mass is 10.1. The Morgan fingerprint density at radius 2 is 1.86 bits per heavy atom. The molecule has 1 aliphatic rings. The molecule has 21 heavy (non-hydrogen) atoms. The summed E-state index contributed by atoms with van der Waals surface area (Å²) in [6.45, 7) is 1.18. The number of nitrogens with zero attached hydrogens (tertiary/aromatic N) is 1. The number of rotatable bonds is 3. The van der Waals surface area contributed by atoms with Crippen LogP contribution in [0.2, 0.25) is 0 Å². The predicted molar refractivity (Wildman–Crippen MR) is 89.3 cm³/mol. The van der Waals surface area contributed by atoms with Crippen molar-refractivity contribution in [2.75, 3.05) is 18.8 Å². The topological polar surface area (TPSA) is 37.4 Å². The van der Waals surface area contributed by atoms with E-state index < -0.39 is 10.0 Å². The average Bonchev–Trinajstić information content (AvgIpc) is 2.93. The molecule has 3 rings (SSSR count). The van der Waals surface area contributed by atoms with Crippen LogP contribution in [0.25, 0.3) is 0 Å². The smallest absolute Gasteiger partial charge is 0.206 e. The van der Waals surface area contributed by atoms with Crippen molar-refractivity contribution in [2.24, 2.45) is 0 Å². The van der Waals surface area contributed by atoms with Crippen molar-refractivity contribution < 1.29 is 8.42 Å². The van der Waals surface area contributed by atoms with Gasteiger partial charge in [-0.05, 0) is 23.4 Å². The van der Waals surface area contributed by atoms with Crippen LogP contribution in [0, 0.1) is 0 Å². The first-order chi connectivity index (χ1) is 10.2. The lowest BCUT2D eigenvalue weighted by Crippen LogP contribution is -2.32. The van der Waals surface area contributed by atoms with E-state index >= 15 is 0 Å². The monoisotopic (exact) mass is 339 g/mol. The van der Waals surface area contributed by atoms with Gasteiger partial charge in [-0.1, -0.05) is 36.4 Å². The highest BCUT2D eigenvalue weighted by molar-refractivity contribution is 7.99. The van der Waals surface area contributed by atoms with Gasteiger partial charge in [0.2, 0.25) is 0 Å². The van der Waals surface area contributed by atoms with Gasteiger partial charge in [-0.25, -0.2) is 8.42 Å². The Morgan fingerprint density at radius 3 is 2.57 bits per heavy atom. The first kappa shape index (κ1) is 15.1. The summed E-state index contributed by atoms with van der Waals surface area (Å²) in [6, 6.07) is 13.8. The SMILES string of the molecule is O=S(=O)(c1cccs1)N1CCSC(c2ccccc2)CC1. The summed E-state index contributed by atoms with van der Waals surface area (Å²) in [5.74, 6) is 0.837. The molecule has 0 saturated carbocycles. The van der Waals surface area contributed by atoms with Crippen LogP contribution in [-0.2, 0) is 10.0 Å². The van der Waals surface area contributed by atoms with Crippen LogP contribution in [0.15, 0.2) is 52.1 Å². The normalized spacial score (nSPS) is 21.0. The third-order valence-corrected chi connectivity index (χ3v) is 8.16. The third-order valence-electron chi connectivity index (χ3n) is 3.56. The molecule has 0 bridgehead atoms. The predicted octanol–water partition coefficient (Wildman–Crippen LogP) is 3.62. The van der Waals surface area contributed by atoms with Crippen molar-refractivity contribution in [3.05, 3.63) is 53.4 Å². The fourth-order valence-electron chi connectivity index (χ4n) is 2.46. The van der Waals surface area contributed by atoms with Gasteiger partial charge in [-0.3, -0.25) is 0 Å². The fraction of sp³-hybridized carbons (Fsp3) is 0.333. The molecular formula is C15H17NO2S3. The highest BCUT2D eigenvalue weighted by Crippen LogP contribution is 2.35. The van der Waals surface area contributed by atoms with Crippen molar-refractivity contribution in [1.82, 2.24) is 4.31 Å². The van der Waals surface area contributed by atoms with Crippen LogP contribution in [-0.4, -0.2) is 31.6 Å². The highest BCUT2D eigenvalue weighted by atomic mass is 32.2. The second-order valence-corrected chi connectivity index (χ2v) is 9.32. The third kappa shape index (κ3) is 3.34. The van der Waals surface area contributed by atoms with E-state index in [4.69, 9.17) is 0 Å². The van der Waals surface area contributed by atoms with Crippen molar-refractivity contribution >= 4 is 33.1 Å². The molecule has 1 atom stereocenters.